The summed E-state index contributed by atoms with van der Waals surface area (Å²) in [6, 6.07) is 8.70. The molecule has 10 heteroatoms. The van der Waals surface area contributed by atoms with Gasteiger partial charge in [-0.05, 0) is 43.7 Å². The summed E-state index contributed by atoms with van der Waals surface area (Å²) in [5.74, 6) is 1.01. The van der Waals surface area contributed by atoms with Crippen molar-refractivity contribution in [1.82, 2.24) is 19.5 Å². The van der Waals surface area contributed by atoms with Gasteiger partial charge in [0.15, 0.2) is 5.76 Å². The molecule has 0 saturated carbocycles. The van der Waals surface area contributed by atoms with Crippen LogP contribution in [0.15, 0.2) is 41.0 Å². The van der Waals surface area contributed by atoms with E-state index in [-0.39, 0.29) is 24.1 Å². The number of nitrogens with zero attached hydrogens (tertiary/aromatic N) is 4. The molecule has 1 fully saturated rings. The Bertz CT molecular complexity index is 1210. The van der Waals surface area contributed by atoms with Crippen molar-refractivity contribution in [3.8, 4) is 17.5 Å². The SMILES string of the molecule is C[C@@H]1CN([C@H](c2ccc(Cl)cc2Cl)c2sc3nc(-c4ccco4)nn3c2O)C[C@H](C)O1. The third-order valence-electron chi connectivity index (χ3n) is 5.26. The van der Waals surface area contributed by atoms with Crippen molar-refractivity contribution in [1.29, 1.82) is 0 Å². The fraction of sp³-hybridized carbons (Fsp3) is 0.333. The molecule has 4 aromatic rings. The molecule has 1 aliphatic heterocycles. The topological polar surface area (TPSA) is 76.0 Å². The number of ether oxygens (including phenoxy) is 1. The fourth-order valence-corrected chi connectivity index (χ4v) is 5.71. The summed E-state index contributed by atoms with van der Waals surface area (Å²) in [6.07, 6.45) is 1.66. The normalized spacial score (nSPS) is 21.0. The van der Waals surface area contributed by atoms with E-state index in [1.807, 2.05) is 26.0 Å². The molecule has 162 valence electrons. The lowest BCUT2D eigenvalue weighted by molar-refractivity contribution is -0.0764. The maximum atomic E-state index is 11.2. The van der Waals surface area contributed by atoms with Crippen LogP contribution >= 0.6 is 34.5 Å². The monoisotopic (exact) mass is 478 g/mol. The van der Waals surface area contributed by atoms with Crippen LogP contribution in [0.2, 0.25) is 10.0 Å². The van der Waals surface area contributed by atoms with Crippen molar-refractivity contribution < 1.29 is 14.3 Å². The van der Waals surface area contributed by atoms with Crippen molar-refractivity contribution in [2.45, 2.75) is 32.1 Å². The summed E-state index contributed by atoms with van der Waals surface area (Å²) in [5, 5.41) is 16.7. The Labute approximate surface area is 192 Å². The Kier molecular flexibility index (Phi) is 5.44. The molecule has 1 saturated heterocycles. The number of benzene rings is 1. The molecule has 0 radical (unpaired) electrons. The maximum absolute atomic E-state index is 11.2. The number of furan rings is 1. The van der Waals surface area contributed by atoms with Crippen molar-refractivity contribution in [2.24, 2.45) is 0 Å². The molecule has 7 nitrogen and oxygen atoms in total. The summed E-state index contributed by atoms with van der Waals surface area (Å²) in [7, 11) is 0. The molecule has 1 aromatic carbocycles. The van der Waals surface area contributed by atoms with Crippen molar-refractivity contribution in [3.05, 3.63) is 57.1 Å². The Morgan fingerprint density at radius 3 is 2.61 bits per heavy atom. The fourth-order valence-electron chi connectivity index (χ4n) is 4.09. The van der Waals surface area contributed by atoms with E-state index in [1.165, 1.54) is 15.9 Å². The molecule has 0 unspecified atom stereocenters. The van der Waals surface area contributed by atoms with E-state index in [2.05, 4.69) is 15.0 Å². The van der Waals surface area contributed by atoms with Crippen LogP contribution in [0.4, 0.5) is 0 Å². The summed E-state index contributed by atoms with van der Waals surface area (Å²) in [5.41, 5.74) is 0.860. The average Bonchev–Trinajstić information content (AvgIpc) is 3.42. The zero-order chi connectivity index (χ0) is 21.7. The predicted octanol–water partition coefficient (Wildman–Crippen LogP) is 5.26. The van der Waals surface area contributed by atoms with Gasteiger partial charge in [0, 0.05) is 23.1 Å². The maximum Gasteiger partial charge on any atom is 0.230 e. The molecule has 0 amide bonds. The summed E-state index contributed by atoms with van der Waals surface area (Å²) in [4.78, 5) is 8.10. The van der Waals surface area contributed by atoms with Gasteiger partial charge in [-0.15, -0.1) is 5.10 Å². The molecule has 5 rings (SSSR count). The number of rotatable bonds is 4. The molecule has 1 N–H and O–H groups in total. The number of aromatic hydroxyl groups is 1. The number of fused-ring (bicyclic) bond motifs is 1. The van der Waals surface area contributed by atoms with Crippen molar-refractivity contribution in [2.75, 3.05) is 13.1 Å². The summed E-state index contributed by atoms with van der Waals surface area (Å²) < 4.78 is 12.8. The minimum absolute atomic E-state index is 0.0353. The number of morpholine rings is 1. The Hall–Kier alpha value is -2.10. The molecule has 0 aliphatic carbocycles. The minimum Gasteiger partial charge on any atom is -0.492 e. The van der Waals surface area contributed by atoms with E-state index in [9.17, 15) is 5.11 Å². The van der Waals surface area contributed by atoms with Gasteiger partial charge in [0.1, 0.15) is 0 Å². The molecule has 0 spiro atoms. The van der Waals surface area contributed by atoms with Crippen LogP contribution < -0.4 is 0 Å². The average molecular weight is 479 g/mol. The van der Waals surface area contributed by atoms with Crippen LogP contribution in [0, 0.1) is 0 Å². The highest BCUT2D eigenvalue weighted by Gasteiger charge is 2.35. The second kappa shape index (κ2) is 8.11. The van der Waals surface area contributed by atoms with Gasteiger partial charge >= 0.3 is 0 Å². The van der Waals surface area contributed by atoms with E-state index >= 15 is 0 Å². The van der Waals surface area contributed by atoms with Crippen molar-refractivity contribution in [3.63, 3.8) is 0 Å². The van der Waals surface area contributed by atoms with Crippen molar-refractivity contribution >= 4 is 39.5 Å². The summed E-state index contributed by atoms with van der Waals surface area (Å²) >= 11 is 14.1. The quantitative estimate of drug-likeness (QED) is 0.430. The van der Waals surface area contributed by atoms with Gasteiger partial charge in [-0.25, -0.2) is 0 Å². The Balaban J connectivity index is 1.63. The number of thiazole rings is 1. The standard InChI is InChI=1S/C21H20Cl2N4O3S/c1-11-9-26(10-12(2)30-11)17(14-6-5-13(22)8-15(14)23)18-20(28)27-21(31-18)24-19(25-27)16-4-3-7-29-16/h3-8,11-12,17,28H,9-10H2,1-2H3/t11-,12+,17-/m1/s1. The molecule has 1 aliphatic rings. The number of halogens is 2. The first-order valence-corrected chi connectivity index (χ1v) is 11.4. The van der Waals surface area contributed by atoms with Crippen LogP contribution in [-0.4, -0.2) is 49.9 Å². The lowest BCUT2D eigenvalue weighted by Crippen LogP contribution is -2.47. The zero-order valence-electron chi connectivity index (χ0n) is 16.8. The summed E-state index contributed by atoms with van der Waals surface area (Å²) in [6.45, 7) is 5.47. The van der Waals surface area contributed by atoms with Gasteiger partial charge in [0.2, 0.25) is 16.7 Å². The Morgan fingerprint density at radius 1 is 1.19 bits per heavy atom. The minimum atomic E-state index is -0.292. The molecule has 3 aromatic heterocycles. The van der Waals surface area contributed by atoms with Crippen LogP contribution in [0.5, 0.6) is 5.88 Å². The number of hydrogen-bond acceptors (Lipinski definition) is 7. The third-order valence-corrected chi connectivity index (χ3v) is 6.89. The Morgan fingerprint density at radius 2 is 1.97 bits per heavy atom. The van der Waals surface area contributed by atoms with Gasteiger partial charge in [0.05, 0.1) is 29.4 Å². The van der Waals surface area contributed by atoms with E-state index in [0.29, 0.717) is 44.6 Å². The van der Waals surface area contributed by atoms with Gasteiger partial charge in [-0.3, -0.25) is 4.90 Å². The van der Waals surface area contributed by atoms with Crippen LogP contribution in [-0.2, 0) is 4.74 Å². The van der Waals surface area contributed by atoms with Gasteiger partial charge in [-0.2, -0.15) is 9.50 Å². The molecule has 3 atom stereocenters. The molecular formula is C21H20Cl2N4O3S. The zero-order valence-corrected chi connectivity index (χ0v) is 19.2. The predicted molar refractivity (Wildman–Crippen MR) is 120 cm³/mol. The lowest BCUT2D eigenvalue weighted by Gasteiger charge is -2.40. The van der Waals surface area contributed by atoms with E-state index < -0.39 is 0 Å². The number of aromatic nitrogens is 3. The second-order valence-electron chi connectivity index (χ2n) is 7.68. The first-order chi connectivity index (χ1) is 14.9. The highest BCUT2D eigenvalue weighted by atomic mass is 35.5. The van der Waals surface area contributed by atoms with Crippen LogP contribution in [0.1, 0.15) is 30.3 Å². The lowest BCUT2D eigenvalue weighted by atomic mass is 10.0. The molecule has 4 heterocycles. The largest absolute Gasteiger partial charge is 0.492 e. The van der Waals surface area contributed by atoms with E-state index in [4.69, 9.17) is 32.4 Å². The first kappa shape index (κ1) is 20.8. The smallest absolute Gasteiger partial charge is 0.230 e. The van der Waals surface area contributed by atoms with Crippen LogP contribution in [0.3, 0.4) is 0 Å². The molecule has 0 bridgehead atoms. The number of hydrogen-bond donors (Lipinski definition) is 1. The van der Waals surface area contributed by atoms with Crippen LogP contribution in [0.25, 0.3) is 16.5 Å². The third kappa shape index (κ3) is 3.83. The van der Waals surface area contributed by atoms with E-state index in [1.54, 1.807) is 24.5 Å². The second-order valence-corrected chi connectivity index (χ2v) is 9.53. The van der Waals surface area contributed by atoms with Gasteiger partial charge in [-0.1, -0.05) is 40.6 Å². The highest BCUT2D eigenvalue weighted by Crippen LogP contribution is 2.43. The molecule has 31 heavy (non-hydrogen) atoms. The molecular weight excluding hydrogens is 459 g/mol. The first-order valence-electron chi connectivity index (χ1n) is 9.87. The highest BCUT2D eigenvalue weighted by molar-refractivity contribution is 7.17. The van der Waals surface area contributed by atoms with Gasteiger partial charge in [0.25, 0.3) is 0 Å². The van der Waals surface area contributed by atoms with E-state index in [0.717, 1.165) is 5.56 Å². The van der Waals surface area contributed by atoms with Gasteiger partial charge < -0.3 is 14.3 Å².